The molecule has 2 saturated heterocycles. The highest BCUT2D eigenvalue weighted by molar-refractivity contribution is 5.82. The minimum atomic E-state index is -0.164. The lowest BCUT2D eigenvalue weighted by atomic mass is 9.98. The highest BCUT2D eigenvalue weighted by Crippen LogP contribution is 2.21. The molecule has 2 amide bonds. The van der Waals surface area contributed by atoms with Gasteiger partial charge in [0.1, 0.15) is 5.75 Å². The Balaban J connectivity index is 1.37. The molecule has 1 aromatic rings. The minimum Gasteiger partial charge on any atom is -0.484 e. The average Bonchev–Trinajstić information content (AvgIpc) is 2.59. The smallest absolute Gasteiger partial charge is 0.258 e. The van der Waals surface area contributed by atoms with Crippen molar-refractivity contribution in [3.63, 3.8) is 0 Å². The fraction of sp³-hybridized carbons (Fsp3) is 0.556. The van der Waals surface area contributed by atoms with E-state index < -0.39 is 0 Å². The number of carbonyl (C=O) groups is 2. The zero-order chi connectivity index (χ0) is 17.8. The van der Waals surface area contributed by atoms with Gasteiger partial charge in [-0.3, -0.25) is 14.5 Å². The fourth-order valence-corrected chi connectivity index (χ4v) is 3.32. The molecule has 2 aliphatic rings. The summed E-state index contributed by atoms with van der Waals surface area (Å²) in [6.07, 6.45) is 1.93. The molecule has 0 spiro atoms. The molecule has 0 aliphatic carbocycles. The van der Waals surface area contributed by atoms with E-state index in [4.69, 9.17) is 9.84 Å². The normalized spacial score (nSPS) is 21.8. The first-order valence-electron chi connectivity index (χ1n) is 8.68. The van der Waals surface area contributed by atoms with Crippen molar-refractivity contribution in [2.45, 2.75) is 31.5 Å². The molecule has 3 rings (SSSR count). The first-order valence-corrected chi connectivity index (χ1v) is 8.68. The number of likely N-dealkylation sites (N-methyl/N-ethyl adjacent to an activating group) is 1. The van der Waals surface area contributed by atoms with E-state index in [1.807, 2.05) is 7.05 Å². The Bertz CT molecular complexity index is 613. The lowest BCUT2D eigenvalue weighted by Gasteiger charge is -2.46. The third-order valence-electron chi connectivity index (χ3n) is 4.82. The van der Waals surface area contributed by atoms with Crippen LogP contribution in [-0.2, 0) is 16.2 Å². The molecule has 25 heavy (non-hydrogen) atoms. The van der Waals surface area contributed by atoms with Crippen molar-refractivity contribution in [2.75, 3.05) is 33.3 Å². The Morgan fingerprint density at radius 2 is 2.04 bits per heavy atom. The van der Waals surface area contributed by atoms with Gasteiger partial charge in [-0.2, -0.15) is 0 Å². The third kappa shape index (κ3) is 4.29. The molecule has 136 valence electrons. The molecular formula is C18H25N3O4. The summed E-state index contributed by atoms with van der Waals surface area (Å²) in [5.41, 5.74) is 0.800. The van der Waals surface area contributed by atoms with E-state index in [-0.39, 0.29) is 37.1 Å². The molecule has 0 saturated carbocycles. The summed E-state index contributed by atoms with van der Waals surface area (Å²) in [5, 5.41) is 11.9. The van der Waals surface area contributed by atoms with Gasteiger partial charge in [0, 0.05) is 26.7 Å². The average molecular weight is 347 g/mol. The Morgan fingerprint density at radius 1 is 1.32 bits per heavy atom. The highest BCUT2D eigenvalue weighted by Gasteiger charge is 2.39. The van der Waals surface area contributed by atoms with Gasteiger partial charge in [0.05, 0.1) is 18.7 Å². The minimum absolute atomic E-state index is 0.0156. The van der Waals surface area contributed by atoms with E-state index in [2.05, 4.69) is 10.2 Å². The number of likely N-dealkylation sites (tertiary alicyclic amines) is 2. The second kappa shape index (κ2) is 7.84. The van der Waals surface area contributed by atoms with Crippen molar-refractivity contribution >= 4 is 11.8 Å². The van der Waals surface area contributed by atoms with Gasteiger partial charge in [0.25, 0.3) is 5.91 Å². The van der Waals surface area contributed by atoms with Gasteiger partial charge in [-0.15, -0.1) is 0 Å². The van der Waals surface area contributed by atoms with Gasteiger partial charge in [-0.25, -0.2) is 0 Å². The van der Waals surface area contributed by atoms with Crippen LogP contribution in [0, 0.1) is 0 Å². The summed E-state index contributed by atoms with van der Waals surface area (Å²) >= 11 is 0. The molecule has 1 atom stereocenters. The molecule has 1 unspecified atom stereocenters. The van der Waals surface area contributed by atoms with E-state index in [9.17, 15) is 9.59 Å². The molecule has 2 fully saturated rings. The van der Waals surface area contributed by atoms with Crippen LogP contribution >= 0.6 is 0 Å². The summed E-state index contributed by atoms with van der Waals surface area (Å²) in [6.45, 7) is 2.20. The number of hydrogen-bond acceptors (Lipinski definition) is 5. The number of amides is 2. The van der Waals surface area contributed by atoms with Gasteiger partial charge in [0.15, 0.2) is 6.61 Å². The number of piperidine rings is 1. The summed E-state index contributed by atoms with van der Waals surface area (Å²) < 4.78 is 5.44. The van der Waals surface area contributed by atoms with E-state index in [1.54, 1.807) is 29.2 Å². The van der Waals surface area contributed by atoms with Crippen LogP contribution in [0.3, 0.4) is 0 Å². The maximum atomic E-state index is 12.2. The van der Waals surface area contributed by atoms with Crippen LogP contribution < -0.4 is 10.1 Å². The molecule has 0 aromatic heterocycles. The second-order valence-electron chi connectivity index (χ2n) is 6.73. The predicted molar refractivity (Wildman–Crippen MR) is 92.0 cm³/mol. The molecule has 2 N–H and O–H groups in total. The van der Waals surface area contributed by atoms with E-state index in [0.717, 1.165) is 24.9 Å². The number of carbonyl (C=O) groups excluding carboxylic acids is 2. The molecule has 7 nitrogen and oxygen atoms in total. The van der Waals surface area contributed by atoms with Gasteiger partial charge in [0.2, 0.25) is 5.91 Å². The van der Waals surface area contributed by atoms with Gasteiger partial charge < -0.3 is 20.1 Å². The first-order chi connectivity index (χ1) is 12.1. The molecular weight excluding hydrogens is 322 g/mol. The number of ether oxygens (including phenoxy) is 1. The van der Waals surface area contributed by atoms with Crippen molar-refractivity contribution < 1.29 is 19.4 Å². The second-order valence-corrected chi connectivity index (χ2v) is 6.73. The molecule has 2 aliphatic heterocycles. The summed E-state index contributed by atoms with van der Waals surface area (Å²) in [4.78, 5) is 28.1. The van der Waals surface area contributed by atoms with E-state index in [0.29, 0.717) is 18.8 Å². The highest BCUT2D eigenvalue weighted by atomic mass is 16.5. The van der Waals surface area contributed by atoms with Crippen LogP contribution in [0.15, 0.2) is 24.3 Å². The largest absolute Gasteiger partial charge is 0.484 e. The zero-order valence-electron chi connectivity index (χ0n) is 14.5. The van der Waals surface area contributed by atoms with Crippen LogP contribution in [-0.4, -0.2) is 72.1 Å². The van der Waals surface area contributed by atoms with Gasteiger partial charge >= 0.3 is 0 Å². The number of nitrogens with one attached hydrogen (secondary N) is 1. The van der Waals surface area contributed by atoms with E-state index in [1.165, 1.54) is 0 Å². The molecule has 0 bridgehead atoms. The lowest BCUT2D eigenvalue weighted by molar-refractivity contribution is -0.141. The standard InChI is InChI=1S/C18H25N3O4/c1-20-8-2-3-16(18(20)24)21-9-14(10-21)19-17(23)12-25-15-6-4-13(11-22)5-7-15/h4-7,14,16,22H,2-3,8-12H2,1H3,(H,19,23). The molecule has 2 heterocycles. The van der Waals surface area contributed by atoms with Crippen LogP contribution in [0.25, 0.3) is 0 Å². The number of nitrogens with zero attached hydrogens (tertiary/aromatic N) is 2. The van der Waals surface area contributed by atoms with Crippen LogP contribution in [0.4, 0.5) is 0 Å². The zero-order valence-corrected chi connectivity index (χ0v) is 14.5. The van der Waals surface area contributed by atoms with Crippen molar-refractivity contribution in [1.29, 1.82) is 0 Å². The predicted octanol–water partition coefficient (Wildman–Crippen LogP) is -0.0211. The molecule has 0 radical (unpaired) electrons. The van der Waals surface area contributed by atoms with Crippen LogP contribution in [0.5, 0.6) is 5.75 Å². The van der Waals surface area contributed by atoms with Crippen molar-refractivity contribution in [2.24, 2.45) is 0 Å². The number of aliphatic hydroxyl groups excluding tert-OH is 1. The lowest BCUT2D eigenvalue weighted by Crippen LogP contribution is -2.66. The maximum Gasteiger partial charge on any atom is 0.258 e. The van der Waals surface area contributed by atoms with Gasteiger partial charge in [-0.1, -0.05) is 12.1 Å². The number of hydrogen-bond donors (Lipinski definition) is 2. The first kappa shape index (κ1) is 17.7. The maximum absolute atomic E-state index is 12.2. The number of benzene rings is 1. The van der Waals surface area contributed by atoms with E-state index >= 15 is 0 Å². The summed E-state index contributed by atoms with van der Waals surface area (Å²) in [6, 6.07) is 7.02. The molecule has 1 aromatic carbocycles. The molecule has 7 heteroatoms. The fourth-order valence-electron chi connectivity index (χ4n) is 3.32. The van der Waals surface area contributed by atoms with Crippen molar-refractivity contribution in [1.82, 2.24) is 15.1 Å². The Morgan fingerprint density at radius 3 is 2.72 bits per heavy atom. The monoisotopic (exact) mass is 347 g/mol. The third-order valence-corrected chi connectivity index (χ3v) is 4.82. The topological polar surface area (TPSA) is 82.1 Å². The van der Waals surface area contributed by atoms with Crippen LogP contribution in [0.2, 0.25) is 0 Å². The number of aliphatic hydroxyl groups is 1. The Kier molecular flexibility index (Phi) is 5.55. The summed E-state index contributed by atoms with van der Waals surface area (Å²) in [7, 11) is 1.85. The quantitative estimate of drug-likeness (QED) is 0.756. The van der Waals surface area contributed by atoms with Crippen LogP contribution in [0.1, 0.15) is 18.4 Å². The Labute approximate surface area is 147 Å². The SMILES string of the molecule is CN1CCCC(N2CC(NC(=O)COc3ccc(CO)cc3)C2)C1=O. The van der Waals surface area contributed by atoms with Gasteiger partial charge in [-0.05, 0) is 30.5 Å². The number of rotatable bonds is 6. The van der Waals surface area contributed by atoms with Crippen molar-refractivity contribution in [3.8, 4) is 5.75 Å². The van der Waals surface area contributed by atoms with Crippen molar-refractivity contribution in [3.05, 3.63) is 29.8 Å². The Hall–Kier alpha value is -2.12. The summed E-state index contributed by atoms with van der Waals surface area (Å²) in [5.74, 6) is 0.618.